The predicted octanol–water partition coefficient (Wildman–Crippen LogP) is 1.57. The van der Waals surface area contributed by atoms with Gasteiger partial charge in [-0.3, -0.25) is 4.99 Å². The Kier molecular flexibility index (Phi) is 6.53. The molecule has 7 nitrogen and oxygen atoms in total. The lowest BCUT2D eigenvalue weighted by molar-refractivity contribution is 0.223. The third kappa shape index (κ3) is 5.22. The molecule has 1 atom stereocenters. The van der Waals surface area contributed by atoms with Gasteiger partial charge in [0.05, 0.1) is 13.1 Å². The van der Waals surface area contributed by atoms with E-state index in [1.807, 2.05) is 18.4 Å². The third-order valence-corrected chi connectivity index (χ3v) is 3.38. The van der Waals surface area contributed by atoms with E-state index in [1.165, 1.54) is 12.1 Å². The number of aliphatic imine (C=N–C) groups is 1. The first-order valence-corrected chi connectivity index (χ1v) is 7.85. The van der Waals surface area contributed by atoms with Crippen LogP contribution in [0.1, 0.15) is 19.7 Å². The van der Waals surface area contributed by atoms with Crippen LogP contribution in [-0.4, -0.2) is 40.4 Å². The quantitative estimate of drug-likeness (QED) is 0.594. The van der Waals surface area contributed by atoms with Gasteiger partial charge in [-0.15, -0.1) is 10.2 Å². The van der Waals surface area contributed by atoms with Gasteiger partial charge in [0.2, 0.25) is 0 Å². The van der Waals surface area contributed by atoms with Crippen LogP contribution in [0.5, 0.6) is 5.75 Å². The van der Waals surface area contributed by atoms with Gasteiger partial charge in [0.15, 0.2) is 11.8 Å². The van der Waals surface area contributed by atoms with Crippen molar-refractivity contribution in [2.75, 3.05) is 13.6 Å². The Labute approximate surface area is 141 Å². The van der Waals surface area contributed by atoms with Crippen molar-refractivity contribution in [3.05, 3.63) is 42.2 Å². The normalized spacial score (nSPS) is 12.8. The lowest BCUT2D eigenvalue weighted by atomic mass is 10.3. The van der Waals surface area contributed by atoms with E-state index in [1.54, 1.807) is 25.5 Å². The van der Waals surface area contributed by atoms with Gasteiger partial charge in [-0.05, 0) is 38.1 Å². The van der Waals surface area contributed by atoms with Gasteiger partial charge in [-0.2, -0.15) is 0 Å². The zero-order chi connectivity index (χ0) is 17.4. The molecule has 0 aliphatic carbocycles. The lowest BCUT2D eigenvalue weighted by Crippen LogP contribution is -2.41. The fraction of sp³-hybridized carbons (Fsp3) is 0.438. The summed E-state index contributed by atoms with van der Waals surface area (Å²) in [5.74, 6) is 1.84. The van der Waals surface area contributed by atoms with Crippen LogP contribution in [0.2, 0.25) is 0 Å². The SMILES string of the molecule is CCn1cnnc1CNC(=NC)NCC(C)Oc1ccc(F)cc1. The molecular formula is C16H23FN6O. The molecule has 1 aromatic carbocycles. The topological polar surface area (TPSA) is 76.4 Å². The highest BCUT2D eigenvalue weighted by Gasteiger charge is 2.07. The summed E-state index contributed by atoms with van der Waals surface area (Å²) in [6.07, 6.45) is 1.60. The Balaban J connectivity index is 1.77. The lowest BCUT2D eigenvalue weighted by Gasteiger charge is -2.17. The van der Waals surface area contributed by atoms with Crippen molar-refractivity contribution in [2.24, 2.45) is 4.99 Å². The van der Waals surface area contributed by atoms with Crippen molar-refractivity contribution in [1.82, 2.24) is 25.4 Å². The summed E-state index contributed by atoms with van der Waals surface area (Å²) < 4.78 is 20.5. The summed E-state index contributed by atoms with van der Waals surface area (Å²) in [4.78, 5) is 4.17. The molecule has 8 heteroatoms. The molecule has 1 unspecified atom stereocenters. The molecule has 1 heterocycles. The van der Waals surface area contributed by atoms with E-state index >= 15 is 0 Å². The minimum absolute atomic E-state index is 0.103. The Hall–Kier alpha value is -2.64. The van der Waals surface area contributed by atoms with Crippen LogP contribution in [0.25, 0.3) is 0 Å². The monoisotopic (exact) mass is 334 g/mol. The number of aryl methyl sites for hydroxylation is 1. The molecule has 0 bridgehead atoms. The van der Waals surface area contributed by atoms with E-state index in [-0.39, 0.29) is 11.9 Å². The highest BCUT2D eigenvalue weighted by molar-refractivity contribution is 5.79. The first kappa shape index (κ1) is 17.7. The maximum absolute atomic E-state index is 12.9. The second-order valence-corrected chi connectivity index (χ2v) is 5.22. The van der Waals surface area contributed by atoms with Gasteiger partial charge >= 0.3 is 0 Å². The fourth-order valence-electron chi connectivity index (χ4n) is 2.09. The van der Waals surface area contributed by atoms with Crippen molar-refractivity contribution in [1.29, 1.82) is 0 Å². The molecule has 0 aliphatic heterocycles. The summed E-state index contributed by atoms with van der Waals surface area (Å²) in [6, 6.07) is 5.96. The van der Waals surface area contributed by atoms with Gasteiger partial charge in [-0.1, -0.05) is 0 Å². The maximum atomic E-state index is 12.9. The number of rotatable bonds is 7. The Morgan fingerprint density at radius 1 is 1.33 bits per heavy atom. The fourth-order valence-corrected chi connectivity index (χ4v) is 2.09. The molecule has 0 saturated heterocycles. The number of aromatic nitrogens is 3. The van der Waals surface area contributed by atoms with Crippen molar-refractivity contribution in [3.63, 3.8) is 0 Å². The standard InChI is InChI=1S/C16H23FN6O/c1-4-23-11-21-22-15(23)10-20-16(18-3)19-9-12(2)24-14-7-5-13(17)6-8-14/h5-8,11-12H,4,9-10H2,1-3H3,(H2,18,19,20). The minimum Gasteiger partial charge on any atom is -0.489 e. The van der Waals surface area contributed by atoms with Gasteiger partial charge in [-0.25, -0.2) is 4.39 Å². The van der Waals surface area contributed by atoms with Gasteiger partial charge in [0, 0.05) is 13.6 Å². The number of nitrogens with zero attached hydrogens (tertiary/aromatic N) is 4. The molecule has 2 rings (SSSR count). The van der Waals surface area contributed by atoms with Crippen LogP contribution >= 0.6 is 0 Å². The number of guanidine groups is 1. The minimum atomic E-state index is -0.280. The van der Waals surface area contributed by atoms with Crippen LogP contribution in [0, 0.1) is 5.82 Å². The van der Waals surface area contributed by atoms with E-state index < -0.39 is 0 Å². The summed E-state index contributed by atoms with van der Waals surface area (Å²) >= 11 is 0. The molecule has 0 fully saturated rings. The van der Waals surface area contributed by atoms with Crippen LogP contribution in [0.3, 0.4) is 0 Å². The first-order chi connectivity index (χ1) is 11.6. The number of ether oxygens (including phenoxy) is 1. The number of halogens is 1. The third-order valence-electron chi connectivity index (χ3n) is 3.38. The van der Waals surface area contributed by atoms with Gasteiger partial charge in [0.1, 0.15) is 24.0 Å². The van der Waals surface area contributed by atoms with E-state index in [2.05, 4.69) is 25.8 Å². The maximum Gasteiger partial charge on any atom is 0.191 e. The summed E-state index contributed by atoms with van der Waals surface area (Å²) in [7, 11) is 1.70. The largest absolute Gasteiger partial charge is 0.489 e. The van der Waals surface area contributed by atoms with E-state index in [0.717, 1.165) is 12.4 Å². The number of benzene rings is 1. The molecule has 2 N–H and O–H groups in total. The molecule has 1 aromatic heterocycles. The highest BCUT2D eigenvalue weighted by atomic mass is 19.1. The van der Waals surface area contributed by atoms with E-state index in [9.17, 15) is 4.39 Å². The van der Waals surface area contributed by atoms with Gasteiger partial charge < -0.3 is 19.9 Å². The zero-order valence-electron chi connectivity index (χ0n) is 14.2. The Bertz CT molecular complexity index is 655. The molecule has 0 amide bonds. The van der Waals surface area contributed by atoms with Crippen molar-refractivity contribution < 1.29 is 9.13 Å². The molecular weight excluding hydrogens is 311 g/mol. The molecule has 0 aliphatic rings. The molecule has 24 heavy (non-hydrogen) atoms. The van der Waals surface area contributed by atoms with E-state index in [0.29, 0.717) is 24.8 Å². The molecule has 130 valence electrons. The first-order valence-electron chi connectivity index (χ1n) is 7.85. The van der Waals surface area contributed by atoms with Crippen LogP contribution in [0.15, 0.2) is 35.6 Å². The second kappa shape index (κ2) is 8.85. The van der Waals surface area contributed by atoms with Crippen molar-refractivity contribution >= 4 is 5.96 Å². The summed E-state index contributed by atoms with van der Waals surface area (Å²) in [5, 5.41) is 14.3. The Morgan fingerprint density at radius 2 is 2.08 bits per heavy atom. The molecule has 0 spiro atoms. The average Bonchev–Trinajstić information content (AvgIpc) is 3.04. The number of nitrogens with one attached hydrogen (secondary N) is 2. The second-order valence-electron chi connectivity index (χ2n) is 5.22. The van der Waals surface area contributed by atoms with E-state index in [4.69, 9.17) is 4.74 Å². The van der Waals surface area contributed by atoms with Gasteiger partial charge in [0.25, 0.3) is 0 Å². The average molecular weight is 334 g/mol. The van der Waals surface area contributed by atoms with Crippen LogP contribution in [-0.2, 0) is 13.1 Å². The molecule has 2 aromatic rings. The Morgan fingerprint density at radius 3 is 2.75 bits per heavy atom. The molecule has 0 radical (unpaired) electrons. The van der Waals surface area contributed by atoms with Crippen molar-refractivity contribution in [3.8, 4) is 5.75 Å². The number of hydrogen-bond acceptors (Lipinski definition) is 4. The predicted molar refractivity (Wildman–Crippen MR) is 90.4 cm³/mol. The molecule has 0 saturated carbocycles. The summed E-state index contributed by atoms with van der Waals surface area (Å²) in [5.41, 5.74) is 0. The van der Waals surface area contributed by atoms with Crippen molar-refractivity contribution in [2.45, 2.75) is 33.0 Å². The number of hydrogen-bond donors (Lipinski definition) is 2. The zero-order valence-corrected chi connectivity index (χ0v) is 14.2. The highest BCUT2D eigenvalue weighted by Crippen LogP contribution is 2.12. The summed E-state index contributed by atoms with van der Waals surface area (Å²) in [6.45, 7) is 5.86. The smallest absolute Gasteiger partial charge is 0.191 e. The van der Waals surface area contributed by atoms with Crippen LogP contribution < -0.4 is 15.4 Å². The van der Waals surface area contributed by atoms with Crippen LogP contribution in [0.4, 0.5) is 4.39 Å².